The molecule has 2 rings (SSSR count). The lowest BCUT2D eigenvalue weighted by Crippen LogP contribution is -2.39. The number of nitrogens with zero attached hydrogens (tertiary/aromatic N) is 2. The van der Waals surface area contributed by atoms with Gasteiger partial charge in [-0.05, 0) is 30.9 Å². The molecule has 1 fully saturated rings. The Labute approximate surface area is 122 Å². The van der Waals surface area contributed by atoms with Gasteiger partial charge in [-0.15, -0.1) is 0 Å². The number of benzene rings is 1. The van der Waals surface area contributed by atoms with Crippen LogP contribution in [0.4, 0.5) is 11.4 Å². The summed E-state index contributed by atoms with van der Waals surface area (Å²) in [7, 11) is -2.63. The van der Waals surface area contributed by atoms with Gasteiger partial charge in [0.2, 0.25) is 10.0 Å². The van der Waals surface area contributed by atoms with Crippen LogP contribution in [-0.4, -0.2) is 42.4 Å². The average Bonchev–Trinajstić information content (AvgIpc) is 2.36. The van der Waals surface area contributed by atoms with E-state index in [2.05, 4.69) is 0 Å². The first-order chi connectivity index (χ1) is 9.71. The zero-order valence-corrected chi connectivity index (χ0v) is 12.3. The number of anilines is 1. The maximum Gasteiger partial charge on any atom is 0.289 e. The van der Waals surface area contributed by atoms with E-state index >= 15 is 0 Å². The van der Waals surface area contributed by atoms with Crippen LogP contribution in [0.1, 0.15) is 12.8 Å². The molecule has 1 aliphatic rings. The normalized spacial score (nSPS) is 22.0. The van der Waals surface area contributed by atoms with Crippen LogP contribution in [0.3, 0.4) is 0 Å². The standard InChI is InChI=1S/C12H17N3O5S/c1-14(7-8-4-10(16)5-8)21(19,20)12-6-9(13)2-3-11(12)15(17)18/h2-3,6,8,10,16H,4-5,7,13H2,1H3. The molecule has 0 unspecified atom stereocenters. The van der Waals surface area contributed by atoms with Crippen molar-refractivity contribution in [3.8, 4) is 0 Å². The van der Waals surface area contributed by atoms with Gasteiger partial charge in [0.15, 0.2) is 4.90 Å². The minimum absolute atomic E-state index is 0.0693. The lowest BCUT2D eigenvalue weighted by molar-refractivity contribution is -0.387. The van der Waals surface area contributed by atoms with Gasteiger partial charge in [0, 0.05) is 25.3 Å². The number of aliphatic hydroxyl groups excluding tert-OH is 1. The second kappa shape index (κ2) is 5.58. The molecule has 1 aliphatic carbocycles. The predicted molar refractivity (Wildman–Crippen MR) is 76.1 cm³/mol. The Morgan fingerprint density at radius 2 is 2.10 bits per heavy atom. The number of hydrogen-bond acceptors (Lipinski definition) is 6. The number of sulfonamides is 1. The molecule has 1 saturated carbocycles. The quantitative estimate of drug-likeness (QED) is 0.464. The smallest absolute Gasteiger partial charge is 0.289 e. The topological polar surface area (TPSA) is 127 Å². The first-order valence-electron chi connectivity index (χ1n) is 6.40. The fourth-order valence-electron chi connectivity index (χ4n) is 2.37. The van der Waals surface area contributed by atoms with Crippen molar-refractivity contribution >= 4 is 21.4 Å². The fourth-order valence-corrected chi connectivity index (χ4v) is 3.80. The Bertz CT molecular complexity index is 655. The number of rotatable bonds is 5. The molecule has 116 valence electrons. The monoisotopic (exact) mass is 315 g/mol. The third-order valence-corrected chi connectivity index (χ3v) is 5.45. The van der Waals surface area contributed by atoms with E-state index in [9.17, 15) is 23.6 Å². The molecular formula is C12H17N3O5S. The molecule has 0 atom stereocenters. The maximum absolute atomic E-state index is 12.5. The SMILES string of the molecule is CN(CC1CC(O)C1)S(=O)(=O)c1cc(N)ccc1[N+](=O)[O-]. The van der Waals surface area contributed by atoms with E-state index in [-0.39, 0.29) is 24.3 Å². The predicted octanol–water partition coefficient (Wildman–Crippen LogP) is 0.568. The summed E-state index contributed by atoms with van der Waals surface area (Å²) in [5, 5.41) is 20.2. The van der Waals surface area contributed by atoms with Crippen molar-refractivity contribution in [3.05, 3.63) is 28.3 Å². The minimum Gasteiger partial charge on any atom is -0.399 e. The van der Waals surface area contributed by atoms with Crippen molar-refractivity contribution in [2.45, 2.75) is 23.8 Å². The number of aliphatic hydroxyl groups is 1. The molecule has 0 heterocycles. The van der Waals surface area contributed by atoms with E-state index in [0.29, 0.717) is 12.8 Å². The minimum atomic E-state index is -4.00. The summed E-state index contributed by atoms with van der Waals surface area (Å²) < 4.78 is 26.0. The zero-order chi connectivity index (χ0) is 15.8. The summed E-state index contributed by atoms with van der Waals surface area (Å²) in [6, 6.07) is 3.47. The average molecular weight is 315 g/mol. The number of nitro groups is 1. The maximum atomic E-state index is 12.5. The number of hydrogen-bond donors (Lipinski definition) is 2. The summed E-state index contributed by atoms with van der Waals surface area (Å²) in [4.78, 5) is 9.83. The second-order valence-electron chi connectivity index (χ2n) is 5.26. The molecule has 0 aromatic heterocycles. The molecule has 21 heavy (non-hydrogen) atoms. The van der Waals surface area contributed by atoms with E-state index in [0.717, 1.165) is 16.4 Å². The van der Waals surface area contributed by atoms with Gasteiger partial charge in [-0.25, -0.2) is 12.7 Å². The third-order valence-electron chi connectivity index (χ3n) is 3.59. The lowest BCUT2D eigenvalue weighted by atomic mass is 9.82. The highest BCUT2D eigenvalue weighted by Crippen LogP contribution is 2.32. The Balaban J connectivity index is 2.30. The first-order valence-corrected chi connectivity index (χ1v) is 7.84. The Kier molecular flexibility index (Phi) is 4.17. The highest BCUT2D eigenvalue weighted by atomic mass is 32.2. The molecule has 0 aliphatic heterocycles. The molecule has 0 bridgehead atoms. The van der Waals surface area contributed by atoms with Gasteiger partial charge in [-0.2, -0.15) is 0 Å². The van der Waals surface area contributed by atoms with E-state index in [1.54, 1.807) is 0 Å². The summed E-state index contributed by atoms with van der Waals surface area (Å²) in [5.74, 6) is 0.0693. The van der Waals surface area contributed by atoms with Crippen molar-refractivity contribution in [2.75, 3.05) is 19.3 Å². The molecular weight excluding hydrogens is 298 g/mol. The molecule has 0 saturated heterocycles. The van der Waals surface area contributed by atoms with Crippen molar-refractivity contribution in [1.29, 1.82) is 0 Å². The fraction of sp³-hybridized carbons (Fsp3) is 0.500. The summed E-state index contributed by atoms with van der Waals surface area (Å²) in [6.07, 6.45) is 0.699. The molecule has 0 spiro atoms. The van der Waals surface area contributed by atoms with Gasteiger partial charge in [-0.3, -0.25) is 10.1 Å². The van der Waals surface area contributed by atoms with E-state index in [1.807, 2.05) is 0 Å². The van der Waals surface area contributed by atoms with Crippen LogP contribution in [0.25, 0.3) is 0 Å². The Hall–Kier alpha value is -1.71. The zero-order valence-electron chi connectivity index (χ0n) is 11.5. The number of nitrogens with two attached hydrogens (primary N) is 1. The Morgan fingerprint density at radius 1 is 1.48 bits per heavy atom. The van der Waals surface area contributed by atoms with Gasteiger partial charge in [0.25, 0.3) is 5.69 Å². The molecule has 9 heteroatoms. The molecule has 1 aromatic rings. The molecule has 0 amide bonds. The van der Waals surface area contributed by atoms with Gasteiger partial charge in [0.1, 0.15) is 0 Å². The number of nitro benzene ring substituents is 1. The van der Waals surface area contributed by atoms with Crippen LogP contribution >= 0.6 is 0 Å². The molecule has 3 N–H and O–H groups in total. The molecule has 0 radical (unpaired) electrons. The summed E-state index contributed by atoms with van der Waals surface area (Å²) in [5.41, 5.74) is 5.19. The van der Waals surface area contributed by atoms with Gasteiger partial charge >= 0.3 is 0 Å². The van der Waals surface area contributed by atoms with Crippen molar-refractivity contribution < 1.29 is 18.4 Å². The number of nitrogen functional groups attached to an aromatic ring is 1. The van der Waals surface area contributed by atoms with Crippen LogP contribution in [0.5, 0.6) is 0 Å². The van der Waals surface area contributed by atoms with E-state index in [1.165, 1.54) is 13.1 Å². The summed E-state index contributed by atoms with van der Waals surface area (Å²) in [6.45, 7) is 0.214. The largest absolute Gasteiger partial charge is 0.399 e. The van der Waals surface area contributed by atoms with Crippen LogP contribution in [0.15, 0.2) is 23.1 Å². The third kappa shape index (κ3) is 3.14. The first kappa shape index (κ1) is 15.7. The van der Waals surface area contributed by atoms with Gasteiger partial charge in [0.05, 0.1) is 11.0 Å². The van der Waals surface area contributed by atoms with Gasteiger partial charge < -0.3 is 10.8 Å². The second-order valence-corrected chi connectivity index (χ2v) is 7.27. The lowest BCUT2D eigenvalue weighted by Gasteiger charge is -2.33. The van der Waals surface area contributed by atoms with Crippen LogP contribution in [0, 0.1) is 16.0 Å². The molecule has 8 nitrogen and oxygen atoms in total. The van der Waals surface area contributed by atoms with Crippen LogP contribution in [-0.2, 0) is 10.0 Å². The highest BCUT2D eigenvalue weighted by Gasteiger charge is 2.34. The van der Waals surface area contributed by atoms with Crippen LogP contribution in [0.2, 0.25) is 0 Å². The van der Waals surface area contributed by atoms with Gasteiger partial charge in [-0.1, -0.05) is 0 Å². The van der Waals surface area contributed by atoms with Crippen molar-refractivity contribution in [1.82, 2.24) is 4.31 Å². The van der Waals surface area contributed by atoms with E-state index < -0.39 is 25.5 Å². The van der Waals surface area contributed by atoms with Crippen molar-refractivity contribution in [3.63, 3.8) is 0 Å². The van der Waals surface area contributed by atoms with E-state index in [4.69, 9.17) is 5.73 Å². The Morgan fingerprint density at radius 3 is 2.62 bits per heavy atom. The van der Waals surface area contributed by atoms with Crippen LogP contribution < -0.4 is 5.73 Å². The summed E-state index contributed by atoms with van der Waals surface area (Å²) >= 11 is 0. The highest BCUT2D eigenvalue weighted by molar-refractivity contribution is 7.89. The molecule has 1 aromatic carbocycles. The van der Waals surface area contributed by atoms with Crippen molar-refractivity contribution in [2.24, 2.45) is 5.92 Å².